The van der Waals surface area contributed by atoms with Crippen LogP contribution in [0.3, 0.4) is 0 Å². The lowest BCUT2D eigenvalue weighted by atomic mass is 10.1. The number of hydrogen-bond donors (Lipinski definition) is 2. The van der Waals surface area contributed by atoms with Gasteiger partial charge >= 0.3 is 5.97 Å². The Hall–Kier alpha value is -0.750. The zero-order chi connectivity index (χ0) is 14.3. The fourth-order valence-electron chi connectivity index (χ4n) is 2.28. The van der Waals surface area contributed by atoms with Gasteiger partial charge in [0.05, 0.1) is 5.37 Å². The third kappa shape index (κ3) is 4.69. The van der Waals surface area contributed by atoms with E-state index >= 15 is 0 Å². The molecule has 0 spiro atoms. The lowest BCUT2D eigenvalue weighted by molar-refractivity contribution is -0.149. The number of aliphatic carboxylic acids is 1. The number of carbonyl (C=O) groups is 2. The van der Waals surface area contributed by atoms with E-state index in [0.717, 1.165) is 32.1 Å². The van der Waals surface area contributed by atoms with Gasteiger partial charge < -0.3 is 15.7 Å². The SMILES string of the molecule is CCCC1SCC(C(=O)O)N1C(=O)CCCCCN. The van der Waals surface area contributed by atoms with Crippen molar-refractivity contribution >= 4 is 23.6 Å². The Kier molecular flexibility index (Phi) is 7.23. The molecule has 0 aromatic rings. The van der Waals surface area contributed by atoms with E-state index in [-0.39, 0.29) is 11.3 Å². The summed E-state index contributed by atoms with van der Waals surface area (Å²) in [4.78, 5) is 25.0. The highest BCUT2D eigenvalue weighted by molar-refractivity contribution is 8.00. The van der Waals surface area contributed by atoms with Crippen molar-refractivity contribution in [3.8, 4) is 0 Å². The van der Waals surface area contributed by atoms with Gasteiger partial charge in [-0.15, -0.1) is 11.8 Å². The highest BCUT2D eigenvalue weighted by Crippen LogP contribution is 2.33. The predicted octanol–water partition coefficient (Wildman–Crippen LogP) is 1.66. The topological polar surface area (TPSA) is 83.6 Å². The number of carboxylic acid groups (broad SMARTS) is 1. The summed E-state index contributed by atoms with van der Waals surface area (Å²) in [5, 5.41) is 9.24. The molecule has 0 aliphatic carbocycles. The minimum absolute atomic E-state index is 0.0205. The number of carbonyl (C=O) groups excluding carboxylic acids is 1. The largest absolute Gasteiger partial charge is 0.480 e. The number of thioether (sulfide) groups is 1. The summed E-state index contributed by atoms with van der Waals surface area (Å²) in [7, 11) is 0. The highest BCUT2D eigenvalue weighted by atomic mass is 32.2. The average molecular weight is 288 g/mol. The number of nitrogens with zero attached hydrogens (tertiary/aromatic N) is 1. The molecule has 1 aliphatic rings. The first kappa shape index (κ1) is 16.3. The van der Waals surface area contributed by atoms with Gasteiger partial charge in [-0.25, -0.2) is 4.79 Å². The van der Waals surface area contributed by atoms with E-state index in [2.05, 4.69) is 6.92 Å². The van der Waals surface area contributed by atoms with E-state index in [9.17, 15) is 14.7 Å². The van der Waals surface area contributed by atoms with Crippen LogP contribution in [0.25, 0.3) is 0 Å². The van der Waals surface area contributed by atoms with Crippen LogP contribution in [0.5, 0.6) is 0 Å². The Labute approximate surface area is 118 Å². The fraction of sp³-hybridized carbons (Fsp3) is 0.846. The molecule has 2 atom stereocenters. The first-order valence-electron chi connectivity index (χ1n) is 6.97. The van der Waals surface area contributed by atoms with Gasteiger partial charge in [-0.3, -0.25) is 4.79 Å². The molecule has 0 radical (unpaired) electrons. The van der Waals surface area contributed by atoms with Crippen LogP contribution < -0.4 is 5.73 Å². The molecule has 1 aliphatic heterocycles. The number of nitrogens with two attached hydrogens (primary N) is 1. The van der Waals surface area contributed by atoms with Crippen molar-refractivity contribution in [1.29, 1.82) is 0 Å². The molecule has 110 valence electrons. The number of unbranched alkanes of at least 4 members (excludes halogenated alkanes) is 2. The van der Waals surface area contributed by atoms with Crippen molar-refractivity contribution in [2.45, 2.75) is 56.9 Å². The van der Waals surface area contributed by atoms with Gasteiger partial charge in [-0.2, -0.15) is 0 Å². The number of amides is 1. The lowest BCUT2D eigenvalue weighted by Crippen LogP contribution is -2.45. The molecule has 0 aromatic carbocycles. The second-order valence-electron chi connectivity index (χ2n) is 4.83. The Bertz CT molecular complexity index is 312. The van der Waals surface area contributed by atoms with Crippen molar-refractivity contribution < 1.29 is 14.7 Å². The molecule has 5 nitrogen and oxygen atoms in total. The number of carboxylic acids is 1. The molecular weight excluding hydrogens is 264 g/mol. The zero-order valence-electron chi connectivity index (χ0n) is 11.5. The maximum atomic E-state index is 12.2. The molecule has 6 heteroatoms. The monoisotopic (exact) mass is 288 g/mol. The van der Waals surface area contributed by atoms with Crippen LogP contribution in [0.15, 0.2) is 0 Å². The van der Waals surface area contributed by atoms with Crippen molar-refractivity contribution in [2.75, 3.05) is 12.3 Å². The Morgan fingerprint density at radius 2 is 2.11 bits per heavy atom. The third-order valence-corrected chi connectivity index (χ3v) is 4.65. The van der Waals surface area contributed by atoms with Gasteiger partial charge in [0.1, 0.15) is 6.04 Å². The molecular formula is C13H24N2O3S. The van der Waals surface area contributed by atoms with Crippen LogP contribution in [-0.2, 0) is 9.59 Å². The van der Waals surface area contributed by atoms with Crippen LogP contribution in [0.2, 0.25) is 0 Å². The van der Waals surface area contributed by atoms with Crippen LogP contribution in [0, 0.1) is 0 Å². The minimum Gasteiger partial charge on any atom is -0.480 e. The van der Waals surface area contributed by atoms with Gasteiger partial charge in [-0.1, -0.05) is 19.8 Å². The lowest BCUT2D eigenvalue weighted by Gasteiger charge is -2.27. The molecule has 3 N–H and O–H groups in total. The fourth-order valence-corrected chi connectivity index (χ4v) is 3.82. The van der Waals surface area contributed by atoms with E-state index in [1.807, 2.05) is 0 Å². The summed E-state index contributed by atoms with van der Waals surface area (Å²) in [5.74, 6) is -0.400. The van der Waals surface area contributed by atoms with Crippen LogP contribution >= 0.6 is 11.8 Å². The first-order valence-corrected chi connectivity index (χ1v) is 8.02. The van der Waals surface area contributed by atoms with Gasteiger partial charge in [0.15, 0.2) is 0 Å². The molecule has 1 heterocycles. The third-order valence-electron chi connectivity index (χ3n) is 3.30. The average Bonchev–Trinajstić information content (AvgIpc) is 2.79. The maximum Gasteiger partial charge on any atom is 0.327 e. The summed E-state index contributed by atoms with van der Waals surface area (Å²) in [5.41, 5.74) is 5.41. The van der Waals surface area contributed by atoms with Crippen LogP contribution in [0.4, 0.5) is 0 Å². The van der Waals surface area contributed by atoms with Crippen molar-refractivity contribution in [3.05, 3.63) is 0 Å². The highest BCUT2D eigenvalue weighted by Gasteiger charge is 2.40. The Morgan fingerprint density at radius 1 is 1.37 bits per heavy atom. The molecule has 0 saturated carbocycles. The van der Waals surface area contributed by atoms with E-state index < -0.39 is 12.0 Å². The first-order chi connectivity index (χ1) is 9.11. The van der Waals surface area contributed by atoms with Crippen molar-refractivity contribution in [3.63, 3.8) is 0 Å². The quantitative estimate of drug-likeness (QED) is 0.664. The maximum absolute atomic E-state index is 12.2. The normalized spacial score (nSPS) is 22.7. The molecule has 19 heavy (non-hydrogen) atoms. The van der Waals surface area contributed by atoms with E-state index in [1.54, 1.807) is 16.7 Å². The summed E-state index contributed by atoms with van der Waals surface area (Å²) in [6, 6.07) is -0.649. The summed E-state index contributed by atoms with van der Waals surface area (Å²) in [6.07, 6.45) is 4.90. The summed E-state index contributed by atoms with van der Waals surface area (Å²) in [6.45, 7) is 2.70. The van der Waals surface area contributed by atoms with Gasteiger partial charge in [0.25, 0.3) is 0 Å². The predicted molar refractivity (Wildman–Crippen MR) is 76.9 cm³/mol. The molecule has 2 unspecified atom stereocenters. The van der Waals surface area contributed by atoms with Gasteiger partial charge in [0, 0.05) is 12.2 Å². The van der Waals surface area contributed by atoms with Gasteiger partial charge in [-0.05, 0) is 25.8 Å². The number of rotatable bonds is 8. The second kappa shape index (κ2) is 8.43. The smallest absolute Gasteiger partial charge is 0.327 e. The summed E-state index contributed by atoms with van der Waals surface area (Å²) >= 11 is 1.59. The molecule has 1 saturated heterocycles. The number of hydrogen-bond acceptors (Lipinski definition) is 4. The molecule has 0 aromatic heterocycles. The van der Waals surface area contributed by atoms with Crippen molar-refractivity contribution in [2.24, 2.45) is 5.73 Å². The molecule has 0 bridgehead atoms. The second-order valence-corrected chi connectivity index (χ2v) is 6.04. The van der Waals surface area contributed by atoms with E-state index in [0.29, 0.717) is 18.7 Å². The molecule has 1 fully saturated rings. The minimum atomic E-state index is -0.888. The Balaban J connectivity index is 2.56. The Morgan fingerprint density at radius 3 is 2.68 bits per heavy atom. The molecule has 1 rings (SSSR count). The molecule has 1 amide bonds. The standard InChI is InChI=1S/C13H24N2O3S/c1-2-6-12-15(10(9-19-12)13(17)18)11(16)7-4-3-5-8-14/h10,12H,2-9,14H2,1H3,(H,17,18). The van der Waals surface area contributed by atoms with E-state index in [1.165, 1.54) is 0 Å². The zero-order valence-corrected chi connectivity index (χ0v) is 12.3. The van der Waals surface area contributed by atoms with Crippen LogP contribution in [0.1, 0.15) is 45.4 Å². The summed E-state index contributed by atoms with van der Waals surface area (Å²) < 4.78 is 0. The van der Waals surface area contributed by atoms with E-state index in [4.69, 9.17) is 5.73 Å². The van der Waals surface area contributed by atoms with Crippen molar-refractivity contribution in [1.82, 2.24) is 4.90 Å². The van der Waals surface area contributed by atoms with Crippen LogP contribution in [-0.4, -0.2) is 45.6 Å². The van der Waals surface area contributed by atoms with Gasteiger partial charge in [0.2, 0.25) is 5.91 Å².